The second-order valence-electron chi connectivity index (χ2n) is 14.0. The highest BCUT2D eigenvalue weighted by molar-refractivity contribution is 7.46. The van der Waals surface area contributed by atoms with E-state index in [0.29, 0.717) is 25.7 Å². The number of rotatable bonds is 32. The van der Waals surface area contributed by atoms with Gasteiger partial charge in [0.25, 0.3) is 0 Å². The Morgan fingerprint density at radius 1 is 0.811 bits per heavy atom. The summed E-state index contributed by atoms with van der Waals surface area (Å²) in [6.07, 6.45) is 30.3. The molecule has 1 aliphatic carbocycles. The number of esters is 2. The van der Waals surface area contributed by atoms with Gasteiger partial charge in [-0.1, -0.05) is 120 Å². The van der Waals surface area contributed by atoms with Crippen LogP contribution in [0.25, 0.3) is 0 Å². The first-order valence-corrected chi connectivity index (χ1v) is 21.6. The summed E-state index contributed by atoms with van der Waals surface area (Å²) in [7, 11) is -4.82. The number of unbranched alkanes of at least 4 members (excludes halogenated alkanes) is 10. The van der Waals surface area contributed by atoms with Crippen molar-refractivity contribution in [2.75, 3.05) is 13.2 Å². The second-order valence-corrected chi connectivity index (χ2v) is 15.2. The third kappa shape index (κ3) is 26.9. The normalized spacial score (nSPS) is 19.3. The van der Waals surface area contributed by atoms with Crippen LogP contribution in [0.3, 0.4) is 0 Å². The summed E-state index contributed by atoms with van der Waals surface area (Å²) in [5, 5.41) is 20.7. The largest absolute Gasteiger partial charge is 0.469 e. The summed E-state index contributed by atoms with van der Waals surface area (Å²) in [5.41, 5.74) is 0. The number of phosphoric ester groups is 1. The molecule has 0 amide bonds. The molecule has 0 aliphatic heterocycles. The first-order valence-electron chi connectivity index (χ1n) is 20.0. The molecule has 304 valence electrons. The number of carbonyl (C=O) groups is 3. The molecule has 4 N–H and O–H groups in total. The van der Waals surface area contributed by atoms with Crippen LogP contribution < -0.4 is 0 Å². The number of carbonyl (C=O) groups excluding carboxylic acids is 3. The molecule has 11 nitrogen and oxygen atoms in total. The Hall–Kier alpha value is -2.40. The number of hydrogen-bond donors (Lipinski definition) is 4. The fraction of sp³-hybridized carbons (Fsp3) is 0.732. The van der Waals surface area contributed by atoms with Crippen LogP contribution in [0.5, 0.6) is 0 Å². The third-order valence-corrected chi connectivity index (χ3v) is 9.72. The van der Waals surface area contributed by atoms with Crippen molar-refractivity contribution in [3.63, 3.8) is 0 Å². The van der Waals surface area contributed by atoms with Crippen LogP contribution in [0.1, 0.15) is 149 Å². The number of Topliss-reactive ketones (excluding diaryl/α,β-unsaturated/α-hetero) is 1. The molecule has 0 heterocycles. The van der Waals surface area contributed by atoms with Crippen LogP contribution in [0, 0.1) is 11.8 Å². The summed E-state index contributed by atoms with van der Waals surface area (Å²) in [6.45, 7) is 3.24. The minimum atomic E-state index is -4.82. The summed E-state index contributed by atoms with van der Waals surface area (Å²) < 4.78 is 26.3. The molecule has 0 radical (unpaired) electrons. The lowest BCUT2D eigenvalue weighted by Crippen LogP contribution is -2.29. The van der Waals surface area contributed by atoms with Gasteiger partial charge in [-0.25, -0.2) is 4.57 Å². The Kier molecular flexibility index (Phi) is 28.3. The fourth-order valence-electron chi connectivity index (χ4n) is 6.23. The highest BCUT2D eigenvalue weighted by Crippen LogP contribution is 2.36. The van der Waals surface area contributed by atoms with Crippen LogP contribution in [0.4, 0.5) is 0 Å². The maximum atomic E-state index is 12.5. The minimum Gasteiger partial charge on any atom is -0.462 e. The lowest BCUT2D eigenvalue weighted by molar-refractivity contribution is -0.161. The average Bonchev–Trinajstić information content (AvgIpc) is 3.38. The molecule has 5 atom stereocenters. The van der Waals surface area contributed by atoms with E-state index < -0.39 is 50.6 Å². The monoisotopic (exact) mass is 768 g/mol. The standard InChI is InChI=1S/C41H69O11P/c1-3-5-7-8-9-10-11-12-13-14-15-16-17-18-24-28-41(46)52-35(33-51-53(47,48)49)32-50-40(45)27-23-20-19-22-26-36-37(39(44)31-38(36)43)30-29-34(42)25-21-6-4-2/h5,7,9-10,12-13,29-30,34-38,42-43H,3-4,6,8,11,14-28,31-33H2,1-2H3,(H2,47,48,49)/b7-5-,10-9-,13-12-,30-29+/t34-,35+,36+,37+,38-/m0/s1. The van der Waals surface area contributed by atoms with E-state index in [2.05, 4.69) is 54.8 Å². The molecule has 0 aromatic rings. The molecule has 1 fully saturated rings. The number of aliphatic hydroxyl groups excluding tert-OH is 2. The fourth-order valence-corrected chi connectivity index (χ4v) is 6.59. The van der Waals surface area contributed by atoms with E-state index in [9.17, 15) is 29.2 Å². The van der Waals surface area contributed by atoms with Crippen molar-refractivity contribution in [1.82, 2.24) is 0 Å². The van der Waals surface area contributed by atoms with Crippen molar-refractivity contribution in [2.45, 2.75) is 167 Å². The van der Waals surface area contributed by atoms with E-state index in [-0.39, 0.29) is 37.6 Å². The predicted octanol–water partition coefficient (Wildman–Crippen LogP) is 8.54. The second kappa shape index (κ2) is 30.9. The van der Waals surface area contributed by atoms with E-state index in [1.807, 2.05) is 0 Å². The third-order valence-electron chi connectivity index (χ3n) is 9.24. The van der Waals surface area contributed by atoms with Gasteiger partial charge in [0.15, 0.2) is 6.10 Å². The molecule has 0 unspecified atom stereocenters. The van der Waals surface area contributed by atoms with Crippen LogP contribution in [-0.4, -0.2) is 69.2 Å². The van der Waals surface area contributed by atoms with E-state index in [1.165, 1.54) is 0 Å². The molecule has 0 aromatic carbocycles. The van der Waals surface area contributed by atoms with Gasteiger partial charge in [-0.3, -0.25) is 18.9 Å². The minimum absolute atomic E-state index is 0.00212. The molecule has 1 saturated carbocycles. The van der Waals surface area contributed by atoms with Gasteiger partial charge >= 0.3 is 19.8 Å². The van der Waals surface area contributed by atoms with E-state index in [1.54, 1.807) is 12.2 Å². The van der Waals surface area contributed by atoms with Crippen molar-refractivity contribution < 1.29 is 52.9 Å². The zero-order valence-electron chi connectivity index (χ0n) is 32.4. The van der Waals surface area contributed by atoms with E-state index >= 15 is 0 Å². The highest BCUT2D eigenvalue weighted by atomic mass is 31.2. The Morgan fingerprint density at radius 2 is 1.43 bits per heavy atom. The lowest BCUT2D eigenvalue weighted by Gasteiger charge is -2.19. The highest BCUT2D eigenvalue weighted by Gasteiger charge is 2.39. The van der Waals surface area contributed by atoms with E-state index in [0.717, 1.165) is 89.9 Å². The smallest absolute Gasteiger partial charge is 0.462 e. The summed E-state index contributed by atoms with van der Waals surface area (Å²) in [4.78, 5) is 55.5. The van der Waals surface area contributed by atoms with Gasteiger partial charge in [0, 0.05) is 25.2 Å². The number of aliphatic hydroxyl groups is 2. The predicted molar refractivity (Wildman–Crippen MR) is 208 cm³/mol. The molecular formula is C41H69O11P. The molecule has 0 bridgehead atoms. The van der Waals surface area contributed by atoms with Crippen molar-refractivity contribution in [3.05, 3.63) is 48.6 Å². The van der Waals surface area contributed by atoms with Crippen molar-refractivity contribution in [2.24, 2.45) is 11.8 Å². The first kappa shape index (κ1) is 48.6. The number of allylic oxidation sites excluding steroid dienone is 7. The molecule has 0 saturated heterocycles. The van der Waals surface area contributed by atoms with Gasteiger partial charge in [0.2, 0.25) is 0 Å². The maximum absolute atomic E-state index is 12.5. The summed E-state index contributed by atoms with van der Waals surface area (Å²) in [6, 6.07) is 0. The zero-order chi connectivity index (χ0) is 39.2. The average molecular weight is 769 g/mol. The lowest BCUT2D eigenvalue weighted by atomic mass is 9.88. The van der Waals surface area contributed by atoms with Crippen LogP contribution in [0.15, 0.2) is 48.6 Å². The number of hydrogen-bond acceptors (Lipinski definition) is 9. The van der Waals surface area contributed by atoms with Gasteiger partial charge in [0.1, 0.15) is 12.4 Å². The van der Waals surface area contributed by atoms with Gasteiger partial charge < -0.3 is 29.5 Å². The Labute approximate surface area is 318 Å². The number of ether oxygens (including phenoxy) is 2. The zero-order valence-corrected chi connectivity index (χ0v) is 33.3. The topological polar surface area (TPSA) is 177 Å². The molecule has 0 spiro atoms. The maximum Gasteiger partial charge on any atom is 0.469 e. The van der Waals surface area contributed by atoms with E-state index in [4.69, 9.17) is 19.3 Å². The van der Waals surface area contributed by atoms with Crippen LogP contribution in [-0.2, 0) is 32.9 Å². The molecule has 0 aromatic heterocycles. The molecule has 12 heteroatoms. The van der Waals surface area contributed by atoms with Crippen molar-refractivity contribution in [3.8, 4) is 0 Å². The number of ketones is 1. The molecule has 1 rings (SSSR count). The van der Waals surface area contributed by atoms with Crippen molar-refractivity contribution in [1.29, 1.82) is 0 Å². The molecular weight excluding hydrogens is 699 g/mol. The van der Waals surface area contributed by atoms with Gasteiger partial charge in [-0.15, -0.1) is 0 Å². The quantitative estimate of drug-likeness (QED) is 0.0223. The molecule has 1 aliphatic rings. The Morgan fingerprint density at radius 3 is 2.11 bits per heavy atom. The van der Waals surface area contributed by atoms with Crippen LogP contribution in [0.2, 0.25) is 0 Å². The summed E-state index contributed by atoms with van der Waals surface area (Å²) >= 11 is 0. The van der Waals surface area contributed by atoms with Gasteiger partial charge in [-0.05, 0) is 63.7 Å². The van der Waals surface area contributed by atoms with Gasteiger partial charge in [0.05, 0.1) is 18.8 Å². The molecule has 53 heavy (non-hydrogen) atoms. The van der Waals surface area contributed by atoms with Gasteiger partial charge in [-0.2, -0.15) is 0 Å². The first-order chi connectivity index (χ1) is 25.5. The summed E-state index contributed by atoms with van der Waals surface area (Å²) in [5.74, 6) is -1.64. The Bertz CT molecular complexity index is 1160. The Balaban J connectivity index is 2.29. The number of phosphoric acid groups is 1. The van der Waals surface area contributed by atoms with Crippen molar-refractivity contribution >= 4 is 25.5 Å². The van der Waals surface area contributed by atoms with Crippen LogP contribution >= 0.6 is 7.82 Å². The SMILES string of the molecule is CC/C=C\C/C=C\C/C=C\CCCCCCCC(=O)O[C@H](COC(=O)CCCCCC[C@H]1[C@@H](O)CC(=O)[C@@H]1/C=C/[C@@H](O)CCCCC)COP(=O)(O)O.